The largest absolute Gasteiger partial charge is 0.632 e. The average Bonchev–Trinajstić information content (AvgIpc) is 2.10. The van der Waals surface area contributed by atoms with E-state index >= 15 is 0 Å². The van der Waals surface area contributed by atoms with Crippen LogP contribution in [0.5, 0.6) is 0 Å². The number of carbonyl (C=O) groups excluding carboxylic acids is 1. The van der Waals surface area contributed by atoms with Gasteiger partial charge in [-0.3, -0.25) is 9.59 Å². The van der Waals surface area contributed by atoms with Gasteiger partial charge in [-0.25, -0.2) is 0 Å². The molecule has 0 aromatic carbocycles. The van der Waals surface area contributed by atoms with Crippen molar-refractivity contribution in [2.24, 2.45) is 5.92 Å². The summed E-state index contributed by atoms with van der Waals surface area (Å²) in [6.07, 6.45) is -0.545. The Balaban J connectivity index is -0.000000340. The standard InChI is InChI=1S/C7H13NO4.HNO3.Y/c1-5(2-3-6(9)10)4-12-7(8)11;2-1(3)4;/h5H,2-4H2,1H3,(H3,8,9,10,11);(H,2,3,4);/p-1. The number of carbonyl (C=O) groups is 2. The van der Waals surface area contributed by atoms with Gasteiger partial charge >= 0.3 is 5.97 Å². The molecular formula is C7H13N2O7Y-. The van der Waals surface area contributed by atoms with Gasteiger partial charge in [0.25, 0.3) is 5.09 Å². The molecule has 0 rings (SSSR count). The van der Waals surface area contributed by atoms with Crippen LogP contribution in [0.2, 0.25) is 0 Å². The first-order chi connectivity index (χ1) is 7.25. The zero-order valence-electron chi connectivity index (χ0n) is 9.16. The van der Waals surface area contributed by atoms with Crippen LogP contribution < -0.4 is 0 Å². The summed E-state index contributed by atoms with van der Waals surface area (Å²) >= 11 is 0. The second-order valence-electron chi connectivity index (χ2n) is 2.87. The van der Waals surface area contributed by atoms with Crippen molar-refractivity contribution in [2.45, 2.75) is 19.8 Å². The summed E-state index contributed by atoms with van der Waals surface area (Å²) < 4.78 is 4.37. The fourth-order valence-corrected chi connectivity index (χ4v) is 0.671. The van der Waals surface area contributed by atoms with Crippen LogP contribution in [0.4, 0.5) is 4.79 Å². The molecule has 0 aliphatic heterocycles. The van der Waals surface area contributed by atoms with E-state index in [4.69, 9.17) is 26.2 Å². The van der Waals surface area contributed by atoms with E-state index in [1.54, 1.807) is 6.92 Å². The summed E-state index contributed by atoms with van der Waals surface area (Å²) in [5.74, 6) is -0.866. The van der Waals surface area contributed by atoms with Gasteiger partial charge in [0, 0.05) is 39.1 Å². The first kappa shape index (κ1) is 21.3. The number of amides is 1. The summed E-state index contributed by atoms with van der Waals surface area (Å²) in [4.78, 5) is 28.5. The molecule has 0 bridgehead atoms. The molecule has 1 atom stereocenters. The van der Waals surface area contributed by atoms with Gasteiger partial charge in [0.05, 0.1) is 6.61 Å². The molecule has 3 N–H and O–H groups in total. The van der Waals surface area contributed by atoms with Gasteiger partial charge in [-0.1, -0.05) is 6.92 Å². The minimum atomic E-state index is -1.50. The minimum absolute atomic E-state index is 0. The van der Waals surface area contributed by atoms with Gasteiger partial charge < -0.3 is 20.8 Å². The molecule has 0 saturated carbocycles. The first-order valence-electron chi connectivity index (χ1n) is 4.19. The molecule has 0 spiro atoms. The third-order valence-corrected chi connectivity index (χ3v) is 1.35. The van der Waals surface area contributed by atoms with Crippen LogP contribution in [0.1, 0.15) is 19.8 Å². The molecule has 9 nitrogen and oxygen atoms in total. The molecule has 1 amide bonds. The van der Waals surface area contributed by atoms with Gasteiger partial charge in [-0.15, -0.1) is 10.1 Å². The van der Waals surface area contributed by atoms with E-state index in [1.807, 2.05) is 0 Å². The van der Waals surface area contributed by atoms with Crippen molar-refractivity contribution >= 4 is 12.1 Å². The summed E-state index contributed by atoms with van der Waals surface area (Å²) in [5, 5.41) is 21.9. The Morgan fingerprint density at radius 2 is 1.94 bits per heavy atom. The predicted octanol–water partition coefficient (Wildman–Crippen LogP) is 1.33. The number of rotatable bonds is 5. The van der Waals surface area contributed by atoms with E-state index in [0.717, 1.165) is 0 Å². The van der Waals surface area contributed by atoms with Crippen LogP contribution in [-0.2, 0) is 42.2 Å². The Morgan fingerprint density at radius 1 is 1.53 bits per heavy atom. The third-order valence-electron chi connectivity index (χ3n) is 1.35. The van der Waals surface area contributed by atoms with E-state index in [9.17, 15) is 9.59 Å². The van der Waals surface area contributed by atoms with Gasteiger partial charge in [-0.2, -0.15) is 0 Å². The average molecular weight is 326 g/mol. The molecular weight excluding hydrogens is 313 g/mol. The molecule has 0 aliphatic carbocycles. The van der Waals surface area contributed by atoms with Crippen LogP contribution >= 0.6 is 0 Å². The number of carboxylic acids is 1. The van der Waals surface area contributed by atoms with Crippen molar-refractivity contribution in [2.75, 3.05) is 6.61 Å². The van der Waals surface area contributed by atoms with Crippen LogP contribution in [0.25, 0.3) is 5.73 Å². The molecule has 17 heavy (non-hydrogen) atoms. The van der Waals surface area contributed by atoms with E-state index in [2.05, 4.69) is 4.74 Å². The van der Waals surface area contributed by atoms with Gasteiger partial charge in [0.2, 0.25) is 6.09 Å². The number of carboxylic acid groups (broad SMARTS) is 1. The fraction of sp³-hybridized carbons (Fsp3) is 0.714. The Kier molecular flexibility index (Phi) is 16.5. The normalized spacial score (nSPS) is 9.94. The van der Waals surface area contributed by atoms with Crippen LogP contribution in [0.15, 0.2) is 0 Å². The maximum Gasteiger partial charge on any atom is 0.303 e. The minimum Gasteiger partial charge on any atom is -0.632 e. The Labute approximate surface area is 122 Å². The summed E-state index contributed by atoms with van der Waals surface area (Å²) in [6.45, 7) is 1.89. The van der Waals surface area contributed by atoms with E-state index < -0.39 is 17.1 Å². The van der Waals surface area contributed by atoms with Crippen LogP contribution in [0, 0.1) is 16.0 Å². The number of nitrogens with zero attached hydrogens (tertiary/aromatic N) is 1. The van der Waals surface area contributed by atoms with E-state index in [-0.39, 0.29) is 51.7 Å². The van der Waals surface area contributed by atoms with Crippen LogP contribution in [0.3, 0.4) is 0 Å². The van der Waals surface area contributed by atoms with Crippen molar-refractivity contribution in [3.63, 3.8) is 0 Å². The molecule has 0 fully saturated rings. The molecule has 0 aliphatic rings. The number of ether oxygens (including phenoxy) is 1. The number of hydrogen-bond acceptors (Lipinski definition) is 5. The topological polar surface area (TPSA) is 151 Å². The van der Waals surface area contributed by atoms with Crippen LogP contribution in [-0.4, -0.2) is 34.1 Å². The van der Waals surface area contributed by atoms with E-state index in [1.165, 1.54) is 0 Å². The smallest absolute Gasteiger partial charge is 0.303 e. The van der Waals surface area contributed by atoms with E-state index in [0.29, 0.717) is 6.42 Å². The second kappa shape index (κ2) is 13.1. The van der Waals surface area contributed by atoms with Gasteiger partial charge in [-0.05, 0) is 12.3 Å². The van der Waals surface area contributed by atoms with Crippen molar-refractivity contribution in [3.8, 4) is 0 Å². The number of nitrogens with one attached hydrogen (secondary N) is 1. The molecule has 1 radical (unpaired) electrons. The molecule has 0 heterocycles. The predicted molar refractivity (Wildman–Crippen MR) is 50.5 cm³/mol. The van der Waals surface area contributed by atoms with Crippen molar-refractivity contribution < 1.29 is 62.4 Å². The Bertz CT molecular complexity index is 226. The Hall–Kier alpha value is -0.956. The molecule has 0 saturated heterocycles. The summed E-state index contributed by atoms with van der Waals surface area (Å²) in [5.41, 5.74) is 6.41. The second-order valence-corrected chi connectivity index (χ2v) is 2.87. The maximum absolute atomic E-state index is 10.1. The molecule has 0 aromatic heterocycles. The maximum atomic E-state index is 10.1. The zero-order chi connectivity index (χ0) is 13.1. The molecule has 10 heteroatoms. The summed E-state index contributed by atoms with van der Waals surface area (Å²) in [6, 6.07) is 0. The van der Waals surface area contributed by atoms with Crippen molar-refractivity contribution in [1.82, 2.24) is 0 Å². The zero-order valence-corrected chi connectivity index (χ0v) is 12.0. The third kappa shape index (κ3) is 31.3. The first-order valence-corrected chi connectivity index (χ1v) is 4.19. The van der Waals surface area contributed by atoms with Crippen molar-refractivity contribution in [1.29, 1.82) is 0 Å². The Morgan fingerprint density at radius 3 is 2.24 bits per heavy atom. The molecule has 0 aromatic rings. The SMILES string of the molecule is CC(CCC(=O)O)COC([NH-])=O.O=[N+]([O-])O.[Y]. The van der Waals surface area contributed by atoms with Gasteiger partial charge in [0.15, 0.2) is 0 Å². The monoisotopic (exact) mass is 326 g/mol. The van der Waals surface area contributed by atoms with Gasteiger partial charge in [0.1, 0.15) is 0 Å². The molecule has 1 unspecified atom stereocenters. The number of aliphatic carboxylic acids is 1. The number of hydrogen-bond donors (Lipinski definition) is 2. The summed E-state index contributed by atoms with van der Waals surface area (Å²) in [7, 11) is 0. The molecule has 97 valence electrons. The quantitative estimate of drug-likeness (QED) is 0.571. The fourth-order valence-electron chi connectivity index (χ4n) is 0.671. The van der Waals surface area contributed by atoms with Crippen molar-refractivity contribution in [3.05, 3.63) is 15.8 Å².